The molecule has 2 atom stereocenters. The number of nitrogens with zero attached hydrogens (tertiary/aromatic N) is 4. The van der Waals surface area contributed by atoms with Gasteiger partial charge in [-0.1, -0.05) is 83.9 Å². The fourth-order valence-corrected chi connectivity index (χ4v) is 14.3. The zero-order valence-electron chi connectivity index (χ0n) is 31.7. The molecular weight excluding hydrogens is 706 g/mol. The largest absolute Gasteiger partial charge is 0.508 e. The lowest BCUT2D eigenvalue weighted by atomic mass is 9.95. The standard InChI is InChI=1S/C43H47F3N4O3Si/c1-26(2)54(27(3)4,28(5)6)18-15-33-36(45)14-13-30-19-32(51)20-34(37(30)33)39-38(46)40-35(22-47-39)41(52-24-29-11-8-7-9-12-29)49-42(48-40)53-25-43-16-10-17-50(43)23-31(44)21-43/h7-9,11-14,19-20,22,26-28,31,51H,10,16-17,21,23-25H2,1-6H3/t31-,43+/m1/s1. The minimum Gasteiger partial charge on any atom is -0.508 e. The number of hydrogen-bond donors (Lipinski definition) is 1. The molecule has 5 aromatic rings. The quantitative estimate of drug-likeness (QED) is 0.112. The third kappa shape index (κ3) is 6.79. The second kappa shape index (κ2) is 14.9. The number of ether oxygens (including phenoxy) is 2. The monoisotopic (exact) mass is 752 g/mol. The van der Waals surface area contributed by atoms with Crippen molar-refractivity contribution in [2.75, 3.05) is 19.7 Å². The highest BCUT2D eigenvalue weighted by Gasteiger charge is 2.49. The van der Waals surface area contributed by atoms with Crippen LogP contribution in [0.4, 0.5) is 13.2 Å². The zero-order chi connectivity index (χ0) is 38.4. The summed E-state index contributed by atoms with van der Waals surface area (Å²) in [5.41, 5.74) is 4.97. The third-order valence-corrected chi connectivity index (χ3v) is 17.9. The second-order valence-electron chi connectivity index (χ2n) is 15.8. The molecule has 0 radical (unpaired) electrons. The van der Waals surface area contributed by atoms with E-state index in [9.17, 15) is 9.50 Å². The number of benzene rings is 3. The Kier molecular flexibility index (Phi) is 10.4. The normalized spacial score (nSPS) is 18.9. The van der Waals surface area contributed by atoms with Crippen molar-refractivity contribution in [3.63, 3.8) is 0 Å². The Hall–Kier alpha value is -4.66. The zero-order valence-corrected chi connectivity index (χ0v) is 32.7. The van der Waals surface area contributed by atoms with Gasteiger partial charge in [-0.15, -0.1) is 5.54 Å². The van der Waals surface area contributed by atoms with E-state index in [-0.39, 0.29) is 58.6 Å². The number of phenols is 1. The molecule has 7 rings (SSSR count). The lowest BCUT2D eigenvalue weighted by molar-refractivity contribution is 0.106. The molecular formula is C43H47F3N4O3Si. The van der Waals surface area contributed by atoms with E-state index in [1.807, 2.05) is 30.3 Å². The average Bonchev–Trinajstić information content (AvgIpc) is 3.66. The Labute approximate surface area is 316 Å². The van der Waals surface area contributed by atoms with Gasteiger partial charge in [-0.2, -0.15) is 9.97 Å². The number of aromatic hydroxyl groups is 1. The molecule has 0 aliphatic carbocycles. The second-order valence-corrected chi connectivity index (χ2v) is 21.4. The van der Waals surface area contributed by atoms with Gasteiger partial charge >= 0.3 is 6.01 Å². The van der Waals surface area contributed by atoms with E-state index in [0.717, 1.165) is 24.9 Å². The van der Waals surface area contributed by atoms with Crippen molar-refractivity contribution in [1.82, 2.24) is 19.9 Å². The average molecular weight is 753 g/mol. The summed E-state index contributed by atoms with van der Waals surface area (Å²) in [7, 11) is -2.29. The Morgan fingerprint density at radius 3 is 2.44 bits per heavy atom. The molecule has 11 heteroatoms. The number of fused-ring (bicyclic) bond motifs is 3. The van der Waals surface area contributed by atoms with Crippen LogP contribution in [0.15, 0.2) is 60.8 Å². The highest BCUT2D eigenvalue weighted by Crippen LogP contribution is 2.43. The van der Waals surface area contributed by atoms with E-state index in [4.69, 9.17) is 9.47 Å². The maximum Gasteiger partial charge on any atom is 0.320 e. The first kappa shape index (κ1) is 37.6. The lowest BCUT2D eigenvalue weighted by Crippen LogP contribution is -2.43. The van der Waals surface area contributed by atoms with Crippen LogP contribution in [0.2, 0.25) is 16.6 Å². The molecule has 2 saturated heterocycles. The number of aromatic nitrogens is 3. The predicted molar refractivity (Wildman–Crippen MR) is 209 cm³/mol. The van der Waals surface area contributed by atoms with Crippen molar-refractivity contribution >= 4 is 29.7 Å². The molecule has 54 heavy (non-hydrogen) atoms. The molecule has 2 aliphatic heterocycles. The van der Waals surface area contributed by atoms with Gasteiger partial charge in [0.15, 0.2) is 5.82 Å². The van der Waals surface area contributed by atoms with Crippen LogP contribution >= 0.6 is 0 Å². The number of rotatable bonds is 10. The molecule has 0 unspecified atom stereocenters. The molecule has 3 aromatic carbocycles. The van der Waals surface area contributed by atoms with Crippen molar-refractivity contribution < 1.29 is 27.8 Å². The molecule has 0 amide bonds. The van der Waals surface area contributed by atoms with Crippen molar-refractivity contribution in [3.8, 4) is 40.4 Å². The molecule has 282 valence electrons. The van der Waals surface area contributed by atoms with Crippen LogP contribution in [0.5, 0.6) is 17.6 Å². The molecule has 2 aliphatic rings. The van der Waals surface area contributed by atoms with Gasteiger partial charge in [-0.05, 0) is 65.2 Å². The van der Waals surface area contributed by atoms with E-state index in [2.05, 4.69) is 72.9 Å². The predicted octanol–water partition coefficient (Wildman–Crippen LogP) is 9.93. The van der Waals surface area contributed by atoms with E-state index >= 15 is 8.78 Å². The van der Waals surface area contributed by atoms with Gasteiger partial charge < -0.3 is 14.6 Å². The summed E-state index contributed by atoms with van der Waals surface area (Å²) < 4.78 is 60.0. The minimum atomic E-state index is -2.29. The smallest absolute Gasteiger partial charge is 0.320 e. The maximum absolute atomic E-state index is 17.1. The van der Waals surface area contributed by atoms with Gasteiger partial charge in [-0.25, -0.2) is 13.2 Å². The van der Waals surface area contributed by atoms with Crippen LogP contribution in [0, 0.1) is 23.1 Å². The van der Waals surface area contributed by atoms with Crippen LogP contribution < -0.4 is 9.47 Å². The summed E-state index contributed by atoms with van der Waals surface area (Å²) >= 11 is 0. The summed E-state index contributed by atoms with van der Waals surface area (Å²) in [6.07, 6.45) is 2.54. The van der Waals surface area contributed by atoms with Gasteiger partial charge in [-0.3, -0.25) is 9.88 Å². The number of hydrogen-bond acceptors (Lipinski definition) is 7. The number of halogens is 3. The first-order valence-corrected chi connectivity index (χ1v) is 21.1. The highest BCUT2D eigenvalue weighted by molar-refractivity contribution is 6.90. The van der Waals surface area contributed by atoms with Crippen molar-refractivity contribution in [3.05, 3.63) is 83.6 Å². The van der Waals surface area contributed by atoms with Crippen LogP contribution in [0.1, 0.15) is 71.9 Å². The number of pyridine rings is 1. The van der Waals surface area contributed by atoms with Crippen molar-refractivity contribution in [1.29, 1.82) is 0 Å². The SMILES string of the molecule is CC(C)[Si](C#Cc1c(F)ccc2cc(O)cc(-c3ncc4c(OCc5ccccc5)nc(OC[C@@]56CCCN5C[C@H](F)C6)nc4c3F)c12)(C(C)C)C(C)C. The van der Waals surface area contributed by atoms with E-state index in [0.29, 0.717) is 40.4 Å². The van der Waals surface area contributed by atoms with E-state index in [1.54, 1.807) is 6.07 Å². The van der Waals surface area contributed by atoms with E-state index < -0.39 is 31.4 Å². The number of alkyl halides is 1. The molecule has 7 nitrogen and oxygen atoms in total. The first-order chi connectivity index (χ1) is 25.8. The Morgan fingerprint density at radius 1 is 0.981 bits per heavy atom. The van der Waals surface area contributed by atoms with Crippen molar-refractivity contribution in [2.45, 2.75) is 95.7 Å². The molecule has 0 spiro atoms. The molecule has 4 heterocycles. The number of phenolic OH excluding ortho intramolecular Hbond substituents is 1. The summed E-state index contributed by atoms with van der Waals surface area (Å²) in [6.45, 7) is 14.5. The van der Waals surface area contributed by atoms with Crippen molar-refractivity contribution in [2.24, 2.45) is 0 Å². The Bertz CT molecular complexity index is 2240. The summed E-state index contributed by atoms with van der Waals surface area (Å²) in [4.78, 5) is 15.8. The van der Waals surface area contributed by atoms with Crippen LogP contribution in [0.25, 0.3) is 32.9 Å². The maximum atomic E-state index is 17.1. The Balaban J connectivity index is 1.38. The molecule has 2 aromatic heterocycles. The summed E-state index contributed by atoms with van der Waals surface area (Å²) in [5, 5.41) is 11.9. The van der Waals surface area contributed by atoms with E-state index in [1.165, 1.54) is 24.4 Å². The fourth-order valence-electron chi connectivity index (χ4n) is 9.08. The van der Waals surface area contributed by atoms with Gasteiger partial charge in [0, 0.05) is 30.1 Å². The highest BCUT2D eigenvalue weighted by atomic mass is 28.3. The summed E-state index contributed by atoms with van der Waals surface area (Å²) in [6, 6.07) is 15.2. The van der Waals surface area contributed by atoms with Crippen LogP contribution in [0.3, 0.4) is 0 Å². The molecule has 0 bridgehead atoms. The third-order valence-electron chi connectivity index (χ3n) is 11.7. The van der Waals surface area contributed by atoms with Crippen LogP contribution in [-0.4, -0.2) is 64.4 Å². The van der Waals surface area contributed by atoms with Gasteiger partial charge in [0.1, 0.15) is 50.2 Å². The lowest BCUT2D eigenvalue weighted by Gasteiger charge is -2.38. The van der Waals surface area contributed by atoms with Crippen LogP contribution in [-0.2, 0) is 6.61 Å². The molecule has 2 fully saturated rings. The van der Waals surface area contributed by atoms with Gasteiger partial charge in [0.2, 0.25) is 5.88 Å². The summed E-state index contributed by atoms with van der Waals surface area (Å²) in [5.74, 6) is 1.82. The van der Waals surface area contributed by atoms with Gasteiger partial charge in [0.25, 0.3) is 0 Å². The molecule has 1 N–H and O–H groups in total. The Morgan fingerprint density at radius 2 is 1.72 bits per heavy atom. The molecule has 0 saturated carbocycles. The van der Waals surface area contributed by atoms with Gasteiger partial charge in [0.05, 0.1) is 16.5 Å². The first-order valence-electron chi connectivity index (χ1n) is 18.9. The minimum absolute atomic E-state index is 0.0723. The topological polar surface area (TPSA) is 80.6 Å². The fraction of sp³-hybridized carbons (Fsp3) is 0.419.